The van der Waals surface area contributed by atoms with Crippen LogP contribution in [0.3, 0.4) is 0 Å². The second-order valence-electron chi connectivity index (χ2n) is 5.52. The summed E-state index contributed by atoms with van der Waals surface area (Å²) in [5.74, 6) is -0.999. The average molecular weight is 318 g/mol. The van der Waals surface area contributed by atoms with Crippen LogP contribution in [0.4, 0.5) is 0 Å². The summed E-state index contributed by atoms with van der Waals surface area (Å²) in [7, 11) is 0. The molecule has 0 bridgehead atoms. The highest BCUT2D eigenvalue weighted by atomic mass is 16.4. The van der Waals surface area contributed by atoms with Crippen LogP contribution >= 0.6 is 0 Å². The molecule has 126 valence electrons. The van der Waals surface area contributed by atoms with Gasteiger partial charge >= 0.3 is 5.97 Å². The van der Waals surface area contributed by atoms with Gasteiger partial charge in [0.05, 0.1) is 12.1 Å². The number of carboxylic acids is 1. The third kappa shape index (κ3) is 8.76. The van der Waals surface area contributed by atoms with Gasteiger partial charge in [0.15, 0.2) is 0 Å². The first-order valence-electron chi connectivity index (χ1n) is 8.26. The number of hydrogen-bond acceptors (Lipinski definition) is 3. The van der Waals surface area contributed by atoms with Crippen LogP contribution < -0.4 is 5.43 Å². The van der Waals surface area contributed by atoms with Crippen molar-refractivity contribution in [1.29, 1.82) is 0 Å². The maximum atomic E-state index is 11.8. The quantitative estimate of drug-likeness (QED) is 0.371. The molecule has 0 saturated carbocycles. The largest absolute Gasteiger partial charge is 0.481 e. The molecule has 0 aliphatic carbocycles. The molecule has 0 aromatic heterocycles. The molecule has 2 N–H and O–H groups in total. The fourth-order valence-corrected chi connectivity index (χ4v) is 2.20. The third-order valence-corrected chi connectivity index (χ3v) is 3.51. The van der Waals surface area contributed by atoms with Gasteiger partial charge in [0.25, 0.3) is 0 Å². The van der Waals surface area contributed by atoms with Crippen LogP contribution in [-0.4, -0.2) is 22.7 Å². The molecule has 0 heterocycles. The summed E-state index contributed by atoms with van der Waals surface area (Å²) in [5.41, 5.74) is 3.97. The molecule has 0 fully saturated rings. The molecule has 0 unspecified atom stereocenters. The van der Waals surface area contributed by atoms with Gasteiger partial charge in [-0.05, 0) is 12.0 Å². The van der Waals surface area contributed by atoms with Gasteiger partial charge in [-0.2, -0.15) is 5.10 Å². The van der Waals surface area contributed by atoms with Gasteiger partial charge in [0.2, 0.25) is 5.91 Å². The van der Waals surface area contributed by atoms with Gasteiger partial charge in [-0.15, -0.1) is 0 Å². The number of benzene rings is 1. The van der Waals surface area contributed by atoms with E-state index >= 15 is 0 Å². The fraction of sp³-hybridized carbons (Fsp3) is 0.500. The second-order valence-corrected chi connectivity index (χ2v) is 5.52. The Morgan fingerprint density at radius 2 is 1.70 bits per heavy atom. The zero-order valence-electron chi connectivity index (χ0n) is 13.8. The molecule has 5 nitrogen and oxygen atoms in total. The highest BCUT2D eigenvalue weighted by Gasteiger charge is 2.08. The van der Waals surface area contributed by atoms with Crippen molar-refractivity contribution < 1.29 is 14.7 Å². The molecule has 1 rings (SSSR count). The summed E-state index contributed by atoms with van der Waals surface area (Å²) in [5, 5.41) is 13.0. The van der Waals surface area contributed by atoms with Crippen LogP contribution in [0.1, 0.15) is 63.9 Å². The number of carboxylic acid groups (broad SMARTS) is 1. The number of nitrogens with zero attached hydrogens (tertiary/aromatic N) is 1. The molecule has 1 aromatic carbocycles. The maximum absolute atomic E-state index is 11.8. The third-order valence-electron chi connectivity index (χ3n) is 3.51. The van der Waals surface area contributed by atoms with Crippen LogP contribution in [0.25, 0.3) is 0 Å². The molecule has 0 radical (unpaired) electrons. The van der Waals surface area contributed by atoms with Crippen LogP contribution in [-0.2, 0) is 9.59 Å². The Morgan fingerprint density at radius 3 is 2.35 bits per heavy atom. The van der Waals surface area contributed by atoms with Gasteiger partial charge in [0.1, 0.15) is 0 Å². The predicted octanol–water partition coefficient (Wildman–Crippen LogP) is 3.73. The monoisotopic (exact) mass is 318 g/mol. The smallest absolute Gasteiger partial charge is 0.303 e. The van der Waals surface area contributed by atoms with Crippen LogP contribution in [0.15, 0.2) is 35.4 Å². The van der Waals surface area contributed by atoms with E-state index < -0.39 is 5.97 Å². The molecule has 0 spiro atoms. The summed E-state index contributed by atoms with van der Waals surface area (Å²) < 4.78 is 0. The molecule has 0 aliphatic rings. The maximum Gasteiger partial charge on any atom is 0.303 e. The summed E-state index contributed by atoms with van der Waals surface area (Å²) in [6.07, 6.45) is 6.17. The molecule has 1 amide bonds. The summed E-state index contributed by atoms with van der Waals surface area (Å²) in [4.78, 5) is 22.6. The fourth-order valence-electron chi connectivity index (χ4n) is 2.20. The van der Waals surface area contributed by atoms with Gasteiger partial charge in [0, 0.05) is 12.8 Å². The Morgan fingerprint density at radius 1 is 1.00 bits per heavy atom. The molecule has 0 aliphatic heterocycles. The van der Waals surface area contributed by atoms with E-state index in [1.54, 1.807) is 0 Å². The topological polar surface area (TPSA) is 78.8 Å². The van der Waals surface area contributed by atoms with Crippen molar-refractivity contribution in [1.82, 2.24) is 5.43 Å². The highest BCUT2D eigenvalue weighted by molar-refractivity contribution is 6.02. The SMILES string of the molecule is CCCCCCCC(=O)NN=C(CCC(=O)O)c1ccccc1. The standard InChI is InChI=1S/C18H26N2O3/c1-2-3-4-5-9-12-17(21)20-19-16(13-14-18(22)23)15-10-7-6-8-11-15/h6-8,10-11H,2-5,9,12-14H2,1H3,(H,20,21)(H,22,23). The Hall–Kier alpha value is -2.17. The summed E-state index contributed by atoms with van der Waals surface area (Å²) in [6, 6.07) is 9.32. The number of unbranched alkanes of at least 4 members (excludes halogenated alkanes) is 4. The van der Waals surface area contributed by atoms with Crippen LogP contribution in [0.5, 0.6) is 0 Å². The van der Waals surface area contributed by atoms with Gasteiger partial charge in [-0.1, -0.05) is 62.9 Å². The number of aliphatic carboxylic acids is 1. The lowest BCUT2D eigenvalue weighted by atomic mass is 10.1. The number of nitrogens with one attached hydrogen (secondary N) is 1. The number of hydrazone groups is 1. The molecular formula is C18H26N2O3. The summed E-state index contributed by atoms with van der Waals surface area (Å²) in [6.45, 7) is 2.16. The van der Waals surface area contributed by atoms with Crippen molar-refractivity contribution in [2.45, 2.75) is 58.3 Å². The van der Waals surface area contributed by atoms with Crippen molar-refractivity contribution in [3.63, 3.8) is 0 Å². The van der Waals surface area contributed by atoms with E-state index in [4.69, 9.17) is 5.11 Å². The minimum Gasteiger partial charge on any atom is -0.481 e. The number of carbonyl (C=O) groups excluding carboxylic acids is 1. The van der Waals surface area contributed by atoms with Crippen molar-refractivity contribution >= 4 is 17.6 Å². The number of rotatable bonds is 11. The Labute approximate surface area is 137 Å². The van der Waals surface area contributed by atoms with Crippen LogP contribution in [0, 0.1) is 0 Å². The van der Waals surface area contributed by atoms with E-state index in [0.29, 0.717) is 12.1 Å². The molecule has 1 aromatic rings. The zero-order valence-corrected chi connectivity index (χ0v) is 13.8. The van der Waals surface area contributed by atoms with Gasteiger partial charge in [-0.3, -0.25) is 9.59 Å². The highest BCUT2D eigenvalue weighted by Crippen LogP contribution is 2.07. The van der Waals surface area contributed by atoms with Crippen molar-refractivity contribution in [2.75, 3.05) is 0 Å². The van der Waals surface area contributed by atoms with E-state index in [1.807, 2.05) is 30.3 Å². The minimum atomic E-state index is -0.879. The lowest BCUT2D eigenvalue weighted by Gasteiger charge is -2.06. The summed E-state index contributed by atoms with van der Waals surface area (Å²) >= 11 is 0. The van der Waals surface area contributed by atoms with E-state index in [9.17, 15) is 9.59 Å². The first kappa shape index (κ1) is 18.9. The van der Waals surface area contributed by atoms with Crippen molar-refractivity contribution in [2.24, 2.45) is 5.10 Å². The first-order chi connectivity index (χ1) is 11.1. The van der Waals surface area contributed by atoms with Crippen LogP contribution in [0.2, 0.25) is 0 Å². The normalized spacial score (nSPS) is 11.3. The predicted molar refractivity (Wildman–Crippen MR) is 91.4 cm³/mol. The molecule has 5 heteroatoms. The molecule has 0 saturated heterocycles. The van der Waals surface area contributed by atoms with E-state index in [1.165, 1.54) is 12.8 Å². The molecule has 0 atom stereocenters. The second kappa shape index (κ2) is 11.4. The van der Waals surface area contributed by atoms with Crippen molar-refractivity contribution in [3.8, 4) is 0 Å². The first-order valence-corrected chi connectivity index (χ1v) is 8.26. The molecular weight excluding hydrogens is 292 g/mol. The number of carbonyl (C=O) groups is 2. The van der Waals surface area contributed by atoms with E-state index in [0.717, 1.165) is 24.8 Å². The number of hydrogen-bond donors (Lipinski definition) is 2. The Balaban J connectivity index is 2.52. The lowest BCUT2D eigenvalue weighted by Crippen LogP contribution is -2.20. The lowest BCUT2D eigenvalue weighted by molar-refractivity contribution is -0.136. The zero-order chi connectivity index (χ0) is 16.9. The molecule has 23 heavy (non-hydrogen) atoms. The minimum absolute atomic E-state index is 0.0133. The van der Waals surface area contributed by atoms with Gasteiger partial charge < -0.3 is 5.11 Å². The average Bonchev–Trinajstić information content (AvgIpc) is 2.55. The Kier molecular flexibility index (Phi) is 9.36. The Bertz CT molecular complexity index is 512. The number of amides is 1. The van der Waals surface area contributed by atoms with E-state index in [2.05, 4.69) is 17.5 Å². The van der Waals surface area contributed by atoms with E-state index in [-0.39, 0.29) is 18.7 Å². The van der Waals surface area contributed by atoms with Crippen molar-refractivity contribution in [3.05, 3.63) is 35.9 Å². The van der Waals surface area contributed by atoms with Gasteiger partial charge in [-0.25, -0.2) is 5.43 Å².